The van der Waals surface area contributed by atoms with Gasteiger partial charge in [0.2, 0.25) is 0 Å². The zero-order valence-electron chi connectivity index (χ0n) is 6.55. The third-order valence-corrected chi connectivity index (χ3v) is 1.97. The highest BCUT2D eigenvalue weighted by Crippen LogP contribution is 2.18. The third kappa shape index (κ3) is 1.06. The van der Waals surface area contributed by atoms with Crippen LogP contribution in [0.4, 0.5) is 0 Å². The summed E-state index contributed by atoms with van der Waals surface area (Å²) in [5, 5.41) is 0. The summed E-state index contributed by atoms with van der Waals surface area (Å²) in [4.78, 5) is 11.2. The van der Waals surface area contributed by atoms with Crippen molar-refractivity contribution in [2.75, 3.05) is 0 Å². The van der Waals surface area contributed by atoms with Gasteiger partial charge in [-0.3, -0.25) is 4.79 Å². The van der Waals surface area contributed by atoms with Gasteiger partial charge in [0.05, 0.1) is 12.2 Å². The summed E-state index contributed by atoms with van der Waals surface area (Å²) in [7, 11) is 0. The topological polar surface area (TPSA) is 26.3 Å². The molecule has 0 aromatic carbocycles. The quantitative estimate of drug-likeness (QED) is 0.510. The molecule has 0 aromatic heterocycles. The van der Waals surface area contributed by atoms with Crippen LogP contribution in [0, 0.1) is 5.92 Å². The van der Waals surface area contributed by atoms with Gasteiger partial charge in [-0.1, -0.05) is 6.92 Å². The number of Topliss-reactive ketones (excluding diaryl/α,β-unsaturated/α-hetero) is 1. The Bertz CT molecular complexity index is 182. The van der Waals surface area contributed by atoms with Crippen molar-refractivity contribution in [2.45, 2.75) is 26.9 Å². The molecule has 0 saturated heterocycles. The van der Waals surface area contributed by atoms with E-state index in [2.05, 4.69) is 0 Å². The Hall–Kier alpha value is -0.790. The molecule has 0 fully saturated rings. The van der Waals surface area contributed by atoms with Gasteiger partial charge in [-0.05, 0) is 13.8 Å². The second-order valence-electron chi connectivity index (χ2n) is 2.79. The van der Waals surface area contributed by atoms with E-state index in [1.807, 2.05) is 13.8 Å². The molecule has 1 rings (SSSR count). The fourth-order valence-electron chi connectivity index (χ4n) is 0.958. The van der Waals surface area contributed by atoms with Crippen molar-refractivity contribution in [2.24, 2.45) is 5.92 Å². The summed E-state index contributed by atoms with van der Waals surface area (Å²) in [5.74, 6) is 0.226. The summed E-state index contributed by atoms with van der Waals surface area (Å²) < 4.78 is 5.19. The Labute approximate surface area is 60.9 Å². The number of hydrogen-bond donors (Lipinski definition) is 0. The first-order valence-corrected chi connectivity index (χ1v) is 3.49. The number of allylic oxidation sites excluding steroid dienone is 1. The maximum Gasteiger partial charge on any atom is 0.168 e. The lowest BCUT2D eigenvalue weighted by atomic mass is 9.94. The van der Waals surface area contributed by atoms with Crippen LogP contribution in [0.2, 0.25) is 0 Å². The zero-order valence-corrected chi connectivity index (χ0v) is 6.55. The summed E-state index contributed by atoms with van der Waals surface area (Å²) >= 11 is 0. The summed E-state index contributed by atoms with van der Waals surface area (Å²) in [6, 6.07) is 0. The highest BCUT2D eigenvalue weighted by atomic mass is 16.5. The second-order valence-corrected chi connectivity index (χ2v) is 2.79. The van der Waals surface area contributed by atoms with Gasteiger partial charge in [0.25, 0.3) is 0 Å². The molecule has 0 spiro atoms. The van der Waals surface area contributed by atoms with Crippen LogP contribution in [0.1, 0.15) is 20.8 Å². The maximum absolute atomic E-state index is 11.2. The zero-order chi connectivity index (χ0) is 7.72. The Balaban J connectivity index is 2.81. The van der Waals surface area contributed by atoms with E-state index < -0.39 is 0 Å². The smallest absolute Gasteiger partial charge is 0.168 e. The number of hydrogen-bond acceptors (Lipinski definition) is 2. The molecule has 0 aromatic rings. The molecule has 0 saturated carbocycles. The van der Waals surface area contributed by atoms with Crippen molar-refractivity contribution in [3.63, 3.8) is 0 Å². The van der Waals surface area contributed by atoms with Crippen molar-refractivity contribution in [1.29, 1.82) is 0 Å². The van der Waals surface area contributed by atoms with Crippen LogP contribution in [0.5, 0.6) is 0 Å². The molecule has 56 valence electrons. The number of rotatable bonds is 0. The fourth-order valence-corrected chi connectivity index (χ4v) is 0.958. The first-order chi connectivity index (χ1) is 4.63. The highest BCUT2D eigenvalue weighted by molar-refractivity contribution is 5.97. The van der Waals surface area contributed by atoms with Gasteiger partial charge in [-0.2, -0.15) is 0 Å². The van der Waals surface area contributed by atoms with Crippen molar-refractivity contribution >= 4 is 5.78 Å². The minimum absolute atomic E-state index is 0.0185. The molecule has 2 atom stereocenters. The number of carbonyl (C=O) groups excluding carboxylic acids is 1. The van der Waals surface area contributed by atoms with Crippen LogP contribution in [0.15, 0.2) is 11.8 Å². The van der Waals surface area contributed by atoms with Crippen LogP contribution >= 0.6 is 0 Å². The maximum atomic E-state index is 11.2. The largest absolute Gasteiger partial charge is 0.497 e. The summed E-state index contributed by atoms with van der Waals surface area (Å²) in [6.07, 6.45) is 1.59. The molecule has 0 amide bonds. The SMILES string of the molecule is CC1=COC(C)C(C)C1=O. The Kier molecular flexibility index (Phi) is 1.79. The molecule has 1 heterocycles. The van der Waals surface area contributed by atoms with E-state index in [1.165, 1.54) is 0 Å². The highest BCUT2D eigenvalue weighted by Gasteiger charge is 2.25. The van der Waals surface area contributed by atoms with E-state index in [9.17, 15) is 4.79 Å². The monoisotopic (exact) mass is 140 g/mol. The molecular formula is C8H12O2. The summed E-state index contributed by atoms with van der Waals surface area (Å²) in [5.41, 5.74) is 0.727. The predicted molar refractivity (Wildman–Crippen MR) is 38.5 cm³/mol. The van der Waals surface area contributed by atoms with Crippen LogP contribution in [-0.4, -0.2) is 11.9 Å². The van der Waals surface area contributed by atoms with E-state index in [4.69, 9.17) is 4.74 Å². The molecule has 0 radical (unpaired) electrons. The van der Waals surface area contributed by atoms with Gasteiger partial charge in [0, 0.05) is 5.57 Å². The second kappa shape index (κ2) is 2.45. The molecule has 1 aliphatic rings. The molecule has 0 aliphatic carbocycles. The molecule has 2 unspecified atom stereocenters. The van der Waals surface area contributed by atoms with Crippen molar-refractivity contribution < 1.29 is 9.53 Å². The Morgan fingerprint density at radius 3 is 2.60 bits per heavy atom. The van der Waals surface area contributed by atoms with E-state index in [-0.39, 0.29) is 17.8 Å². The molecule has 2 nitrogen and oxygen atoms in total. The van der Waals surface area contributed by atoms with E-state index >= 15 is 0 Å². The minimum Gasteiger partial charge on any atom is -0.497 e. The van der Waals surface area contributed by atoms with Gasteiger partial charge >= 0.3 is 0 Å². The molecule has 1 aliphatic heterocycles. The van der Waals surface area contributed by atoms with Crippen molar-refractivity contribution in [3.05, 3.63) is 11.8 Å². The molecule has 2 heteroatoms. The molecule has 0 N–H and O–H groups in total. The molecule has 10 heavy (non-hydrogen) atoms. The standard InChI is InChI=1S/C8H12O2/c1-5-4-10-7(3)6(2)8(5)9/h4,6-7H,1-3H3. The fraction of sp³-hybridized carbons (Fsp3) is 0.625. The summed E-state index contributed by atoms with van der Waals surface area (Å²) in [6.45, 7) is 5.58. The lowest BCUT2D eigenvalue weighted by molar-refractivity contribution is -0.123. The first-order valence-electron chi connectivity index (χ1n) is 3.49. The van der Waals surface area contributed by atoms with Gasteiger partial charge in [0.1, 0.15) is 6.10 Å². The average molecular weight is 140 g/mol. The number of carbonyl (C=O) groups is 1. The normalized spacial score (nSPS) is 33.1. The van der Waals surface area contributed by atoms with Gasteiger partial charge < -0.3 is 4.74 Å². The minimum atomic E-state index is 0.0185. The number of ether oxygens (including phenoxy) is 1. The van der Waals surface area contributed by atoms with Crippen LogP contribution in [0.3, 0.4) is 0 Å². The van der Waals surface area contributed by atoms with Crippen LogP contribution < -0.4 is 0 Å². The van der Waals surface area contributed by atoms with Crippen LogP contribution in [-0.2, 0) is 9.53 Å². The third-order valence-electron chi connectivity index (χ3n) is 1.97. The van der Waals surface area contributed by atoms with Crippen molar-refractivity contribution in [3.8, 4) is 0 Å². The van der Waals surface area contributed by atoms with Gasteiger partial charge in [0.15, 0.2) is 5.78 Å². The van der Waals surface area contributed by atoms with E-state index in [1.54, 1.807) is 13.2 Å². The van der Waals surface area contributed by atoms with Gasteiger partial charge in [-0.15, -0.1) is 0 Å². The molecular weight excluding hydrogens is 128 g/mol. The van der Waals surface area contributed by atoms with Crippen molar-refractivity contribution in [1.82, 2.24) is 0 Å². The Morgan fingerprint density at radius 2 is 2.10 bits per heavy atom. The average Bonchev–Trinajstić information content (AvgIpc) is 1.93. The van der Waals surface area contributed by atoms with E-state index in [0.717, 1.165) is 5.57 Å². The van der Waals surface area contributed by atoms with E-state index in [0.29, 0.717) is 0 Å². The first kappa shape index (κ1) is 7.32. The lowest BCUT2D eigenvalue weighted by Crippen LogP contribution is -2.29. The van der Waals surface area contributed by atoms with Crippen LogP contribution in [0.25, 0.3) is 0 Å². The number of ketones is 1. The Morgan fingerprint density at radius 1 is 1.50 bits per heavy atom. The van der Waals surface area contributed by atoms with Gasteiger partial charge in [-0.25, -0.2) is 0 Å². The lowest BCUT2D eigenvalue weighted by Gasteiger charge is -2.23. The predicted octanol–water partition coefficient (Wildman–Crippen LogP) is 1.51. The molecule has 0 bridgehead atoms.